The van der Waals surface area contributed by atoms with Crippen molar-refractivity contribution >= 4 is 5.91 Å². The Labute approximate surface area is 104 Å². The first-order chi connectivity index (χ1) is 8.07. The highest BCUT2D eigenvalue weighted by atomic mass is 16.5. The van der Waals surface area contributed by atoms with E-state index in [1.165, 1.54) is 12.8 Å². The second kappa shape index (κ2) is 4.94. The Morgan fingerprint density at radius 2 is 2.24 bits per heavy atom. The normalized spacial score (nSPS) is 32.8. The number of ether oxygens (including phenoxy) is 1. The van der Waals surface area contributed by atoms with E-state index in [2.05, 4.69) is 26.1 Å². The summed E-state index contributed by atoms with van der Waals surface area (Å²) in [6.45, 7) is 8.33. The molecule has 0 spiro atoms. The Hall–Kier alpha value is -0.610. The maximum absolute atomic E-state index is 12.1. The van der Waals surface area contributed by atoms with Gasteiger partial charge in [-0.2, -0.15) is 0 Å². The lowest BCUT2D eigenvalue weighted by atomic mass is 9.95. The molecule has 0 radical (unpaired) electrons. The van der Waals surface area contributed by atoms with Crippen molar-refractivity contribution in [2.75, 3.05) is 19.7 Å². The van der Waals surface area contributed by atoms with Crippen LogP contribution >= 0.6 is 0 Å². The van der Waals surface area contributed by atoms with Gasteiger partial charge in [0.05, 0.1) is 12.6 Å². The van der Waals surface area contributed by atoms with E-state index in [9.17, 15) is 4.79 Å². The fourth-order valence-electron chi connectivity index (χ4n) is 2.47. The first-order valence-electron chi connectivity index (χ1n) is 6.73. The molecule has 1 aliphatic heterocycles. The van der Waals surface area contributed by atoms with E-state index < -0.39 is 0 Å². The molecular weight excluding hydrogens is 216 g/mol. The van der Waals surface area contributed by atoms with Gasteiger partial charge in [-0.1, -0.05) is 0 Å². The number of carbonyl (C=O) groups is 1. The van der Waals surface area contributed by atoms with E-state index in [4.69, 9.17) is 4.74 Å². The number of nitrogens with zero attached hydrogens (tertiary/aromatic N) is 1. The van der Waals surface area contributed by atoms with Gasteiger partial charge in [-0.05, 0) is 40.0 Å². The molecule has 2 atom stereocenters. The van der Waals surface area contributed by atoms with E-state index in [1.54, 1.807) is 0 Å². The molecule has 17 heavy (non-hydrogen) atoms. The summed E-state index contributed by atoms with van der Waals surface area (Å²) in [6.07, 6.45) is 3.52. The minimum Gasteiger partial charge on any atom is -0.377 e. The molecule has 1 aliphatic carbocycles. The Bertz CT molecular complexity index is 291. The highest BCUT2D eigenvalue weighted by molar-refractivity contribution is 5.79. The van der Waals surface area contributed by atoms with Gasteiger partial charge in [-0.25, -0.2) is 0 Å². The number of rotatable bonds is 5. The Morgan fingerprint density at radius 1 is 1.53 bits per heavy atom. The molecular formula is C13H24N2O2. The van der Waals surface area contributed by atoms with E-state index in [0.717, 1.165) is 19.6 Å². The van der Waals surface area contributed by atoms with Crippen molar-refractivity contribution in [2.45, 2.75) is 57.7 Å². The van der Waals surface area contributed by atoms with Crippen LogP contribution in [0, 0.1) is 0 Å². The van der Waals surface area contributed by atoms with Gasteiger partial charge in [0.15, 0.2) is 0 Å². The molecule has 4 heteroatoms. The fourth-order valence-corrected chi connectivity index (χ4v) is 2.47. The molecule has 4 nitrogen and oxygen atoms in total. The summed E-state index contributed by atoms with van der Waals surface area (Å²) in [6, 6.07) is 0.513. The number of hydrogen-bond acceptors (Lipinski definition) is 3. The molecule has 0 aromatic carbocycles. The first kappa shape index (κ1) is 12.8. The standard InChI is InChI=1S/C13H24N2O2/c1-4-15(11-5-6-11)12(16)9-14-13(3)7-8-17-10(13)2/h10-11,14H,4-9H2,1-3H3. The van der Waals surface area contributed by atoms with Crippen LogP contribution < -0.4 is 5.32 Å². The van der Waals surface area contributed by atoms with Gasteiger partial charge < -0.3 is 15.0 Å². The Balaban J connectivity index is 1.82. The van der Waals surface area contributed by atoms with E-state index in [0.29, 0.717) is 12.6 Å². The minimum absolute atomic E-state index is 0.0430. The van der Waals surface area contributed by atoms with Crippen LogP contribution in [0.15, 0.2) is 0 Å². The molecule has 2 rings (SSSR count). The number of amides is 1. The summed E-state index contributed by atoms with van der Waals surface area (Å²) < 4.78 is 5.56. The van der Waals surface area contributed by atoms with Gasteiger partial charge in [0.25, 0.3) is 0 Å². The summed E-state index contributed by atoms with van der Waals surface area (Å²) in [5.74, 6) is 0.232. The molecule has 0 aromatic heterocycles. The zero-order valence-corrected chi connectivity index (χ0v) is 11.2. The van der Waals surface area contributed by atoms with Gasteiger partial charge in [0, 0.05) is 24.7 Å². The van der Waals surface area contributed by atoms with Gasteiger partial charge >= 0.3 is 0 Å². The molecule has 0 bridgehead atoms. The topological polar surface area (TPSA) is 41.6 Å². The van der Waals surface area contributed by atoms with Gasteiger partial charge in [-0.15, -0.1) is 0 Å². The SMILES string of the molecule is CCN(C(=O)CNC1(C)CCOC1C)C1CC1. The van der Waals surface area contributed by atoms with E-state index in [1.807, 2.05) is 4.90 Å². The average molecular weight is 240 g/mol. The van der Waals surface area contributed by atoms with Crippen LogP contribution in [-0.4, -0.2) is 48.2 Å². The molecule has 0 aromatic rings. The zero-order chi connectivity index (χ0) is 12.5. The van der Waals surface area contributed by atoms with Crippen LogP contribution in [0.25, 0.3) is 0 Å². The molecule has 2 unspecified atom stereocenters. The van der Waals surface area contributed by atoms with Crippen LogP contribution in [0.1, 0.15) is 40.0 Å². The predicted octanol–water partition coefficient (Wildman–Crippen LogP) is 1.15. The van der Waals surface area contributed by atoms with Gasteiger partial charge in [0.1, 0.15) is 0 Å². The monoisotopic (exact) mass is 240 g/mol. The number of nitrogens with one attached hydrogen (secondary N) is 1. The minimum atomic E-state index is -0.0430. The Kier molecular flexibility index (Phi) is 3.73. The quantitative estimate of drug-likeness (QED) is 0.784. The molecule has 2 aliphatic rings. The predicted molar refractivity (Wildman–Crippen MR) is 66.8 cm³/mol. The second-order valence-electron chi connectivity index (χ2n) is 5.44. The lowest BCUT2D eigenvalue weighted by molar-refractivity contribution is -0.131. The van der Waals surface area contributed by atoms with Crippen molar-refractivity contribution in [1.29, 1.82) is 0 Å². The van der Waals surface area contributed by atoms with Gasteiger partial charge in [-0.3, -0.25) is 4.79 Å². The maximum Gasteiger partial charge on any atom is 0.236 e. The third-order valence-electron chi connectivity index (χ3n) is 4.18. The van der Waals surface area contributed by atoms with Crippen molar-refractivity contribution in [3.05, 3.63) is 0 Å². The lowest BCUT2D eigenvalue weighted by Gasteiger charge is -2.30. The molecule has 1 amide bonds. The lowest BCUT2D eigenvalue weighted by Crippen LogP contribution is -2.52. The maximum atomic E-state index is 12.1. The van der Waals surface area contributed by atoms with E-state index in [-0.39, 0.29) is 17.6 Å². The van der Waals surface area contributed by atoms with Crippen molar-refractivity contribution < 1.29 is 9.53 Å². The highest BCUT2D eigenvalue weighted by Gasteiger charge is 2.38. The van der Waals surface area contributed by atoms with Crippen LogP contribution in [-0.2, 0) is 9.53 Å². The summed E-state index contributed by atoms with van der Waals surface area (Å²) in [4.78, 5) is 14.1. The van der Waals surface area contributed by atoms with Crippen molar-refractivity contribution in [3.63, 3.8) is 0 Å². The average Bonchev–Trinajstić information content (AvgIpc) is 3.06. The number of carbonyl (C=O) groups excluding carboxylic acids is 1. The van der Waals surface area contributed by atoms with Crippen LogP contribution in [0.4, 0.5) is 0 Å². The molecule has 2 fully saturated rings. The summed E-state index contributed by atoms with van der Waals surface area (Å²) >= 11 is 0. The zero-order valence-electron chi connectivity index (χ0n) is 11.2. The van der Waals surface area contributed by atoms with Crippen molar-refractivity contribution in [2.24, 2.45) is 0 Å². The molecule has 1 saturated carbocycles. The van der Waals surface area contributed by atoms with Crippen LogP contribution in [0.2, 0.25) is 0 Å². The smallest absolute Gasteiger partial charge is 0.236 e. The first-order valence-corrected chi connectivity index (χ1v) is 6.73. The highest BCUT2D eigenvalue weighted by Crippen LogP contribution is 2.27. The number of hydrogen-bond donors (Lipinski definition) is 1. The van der Waals surface area contributed by atoms with Crippen LogP contribution in [0.5, 0.6) is 0 Å². The summed E-state index contributed by atoms with van der Waals surface area (Å²) in [7, 11) is 0. The molecule has 1 saturated heterocycles. The molecule has 1 heterocycles. The van der Waals surface area contributed by atoms with Crippen LogP contribution in [0.3, 0.4) is 0 Å². The largest absolute Gasteiger partial charge is 0.377 e. The Morgan fingerprint density at radius 3 is 2.71 bits per heavy atom. The second-order valence-corrected chi connectivity index (χ2v) is 5.44. The third-order valence-corrected chi connectivity index (χ3v) is 4.18. The van der Waals surface area contributed by atoms with Crippen molar-refractivity contribution in [1.82, 2.24) is 10.2 Å². The summed E-state index contributed by atoms with van der Waals surface area (Å²) in [5.41, 5.74) is -0.0430. The summed E-state index contributed by atoms with van der Waals surface area (Å²) in [5, 5.41) is 3.39. The molecule has 98 valence electrons. The van der Waals surface area contributed by atoms with Gasteiger partial charge in [0.2, 0.25) is 5.91 Å². The number of likely N-dealkylation sites (N-methyl/N-ethyl adjacent to an activating group) is 1. The van der Waals surface area contributed by atoms with Crippen molar-refractivity contribution in [3.8, 4) is 0 Å². The molecule has 1 N–H and O–H groups in total. The third kappa shape index (κ3) is 2.80. The fraction of sp³-hybridized carbons (Fsp3) is 0.923. The van der Waals surface area contributed by atoms with E-state index >= 15 is 0 Å².